The first-order valence-corrected chi connectivity index (χ1v) is 10.1. The van der Waals surface area contributed by atoms with Crippen LogP contribution in [0.25, 0.3) is 11.0 Å². The van der Waals surface area contributed by atoms with Gasteiger partial charge in [0.1, 0.15) is 11.3 Å². The molecule has 1 amide bonds. The van der Waals surface area contributed by atoms with Gasteiger partial charge >= 0.3 is 0 Å². The summed E-state index contributed by atoms with van der Waals surface area (Å²) in [5.41, 5.74) is 3.41. The first kappa shape index (κ1) is 19.2. The van der Waals surface area contributed by atoms with Crippen LogP contribution >= 0.6 is 0 Å². The third kappa shape index (κ3) is 4.39. The largest absolute Gasteiger partial charge is 0.379 e. The van der Waals surface area contributed by atoms with E-state index in [4.69, 9.17) is 4.74 Å². The third-order valence-electron chi connectivity index (χ3n) is 5.13. The van der Waals surface area contributed by atoms with Crippen LogP contribution in [-0.2, 0) is 11.3 Å². The van der Waals surface area contributed by atoms with Crippen molar-refractivity contribution in [3.63, 3.8) is 0 Å². The van der Waals surface area contributed by atoms with E-state index in [2.05, 4.69) is 40.7 Å². The molecular weight excluding hydrogens is 396 g/mol. The average Bonchev–Trinajstić information content (AvgIpc) is 3.45. The fourth-order valence-corrected chi connectivity index (χ4v) is 3.48. The Morgan fingerprint density at radius 3 is 2.81 bits per heavy atom. The average molecular weight is 418 g/mol. The number of H-pyrrole nitrogens is 2. The van der Waals surface area contributed by atoms with Crippen molar-refractivity contribution in [2.45, 2.75) is 6.54 Å². The molecule has 0 bridgehead atoms. The number of ether oxygens (including phenoxy) is 1. The van der Waals surface area contributed by atoms with Gasteiger partial charge in [0, 0.05) is 43.1 Å². The summed E-state index contributed by atoms with van der Waals surface area (Å²) in [7, 11) is 0. The van der Waals surface area contributed by atoms with Crippen LogP contribution < -0.4 is 10.6 Å². The molecule has 158 valence electrons. The van der Waals surface area contributed by atoms with Gasteiger partial charge < -0.3 is 20.4 Å². The Hall–Kier alpha value is -3.76. The molecule has 3 aromatic heterocycles. The Balaban J connectivity index is 1.24. The first-order valence-electron chi connectivity index (χ1n) is 10.1. The number of carbonyl (C=O) groups excluding carboxylic acids is 1. The summed E-state index contributed by atoms with van der Waals surface area (Å²) in [4.78, 5) is 26.8. The van der Waals surface area contributed by atoms with Gasteiger partial charge in [-0.2, -0.15) is 10.1 Å². The van der Waals surface area contributed by atoms with Gasteiger partial charge in [-0.1, -0.05) is 12.1 Å². The van der Waals surface area contributed by atoms with Crippen molar-refractivity contribution in [1.82, 2.24) is 30.0 Å². The summed E-state index contributed by atoms with van der Waals surface area (Å²) in [5.74, 6) is 0.0692. The SMILES string of the molecule is O=C(Nc1ccc(CN2CCOCC2)cc1)c1[nH]ncc1Nc1ncc2cc[nH]c2n1. The molecule has 0 spiro atoms. The van der Waals surface area contributed by atoms with Gasteiger partial charge in [0.2, 0.25) is 5.95 Å². The number of nitrogens with one attached hydrogen (secondary N) is 4. The molecule has 1 saturated heterocycles. The highest BCUT2D eigenvalue weighted by molar-refractivity contribution is 6.06. The molecular formula is C21H22N8O2. The predicted octanol–water partition coefficient (Wildman–Crippen LogP) is 2.51. The summed E-state index contributed by atoms with van der Waals surface area (Å²) >= 11 is 0. The van der Waals surface area contributed by atoms with E-state index >= 15 is 0 Å². The normalized spacial score (nSPS) is 14.6. The molecule has 1 aliphatic rings. The quantitative estimate of drug-likeness (QED) is 0.379. The Labute approximate surface area is 178 Å². The highest BCUT2D eigenvalue weighted by Gasteiger charge is 2.16. The summed E-state index contributed by atoms with van der Waals surface area (Å²) in [6.07, 6.45) is 5.04. The van der Waals surface area contributed by atoms with Gasteiger partial charge in [-0.25, -0.2) is 4.98 Å². The number of nitrogens with zero attached hydrogens (tertiary/aromatic N) is 4. The maximum Gasteiger partial charge on any atom is 0.275 e. The van der Waals surface area contributed by atoms with E-state index in [0.717, 1.165) is 38.2 Å². The van der Waals surface area contributed by atoms with E-state index < -0.39 is 0 Å². The molecule has 1 aromatic carbocycles. The lowest BCUT2D eigenvalue weighted by atomic mass is 10.2. The second-order valence-electron chi connectivity index (χ2n) is 7.30. The fourth-order valence-electron chi connectivity index (χ4n) is 3.48. The number of aromatic nitrogens is 5. The summed E-state index contributed by atoms with van der Waals surface area (Å²) in [5, 5.41) is 13.6. The summed E-state index contributed by atoms with van der Waals surface area (Å²) < 4.78 is 5.39. The first-order chi connectivity index (χ1) is 15.2. The van der Waals surface area contributed by atoms with Gasteiger partial charge in [0.05, 0.1) is 25.1 Å². The lowest BCUT2D eigenvalue weighted by Crippen LogP contribution is -2.35. The predicted molar refractivity (Wildman–Crippen MR) is 116 cm³/mol. The van der Waals surface area contributed by atoms with Gasteiger partial charge in [0.25, 0.3) is 5.91 Å². The monoisotopic (exact) mass is 418 g/mol. The number of hydrogen-bond donors (Lipinski definition) is 4. The molecule has 4 heterocycles. The molecule has 0 radical (unpaired) electrons. The minimum absolute atomic E-state index is 0.299. The van der Waals surface area contributed by atoms with Crippen LogP contribution in [0.3, 0.4) is 0 Å². The van der Waals surface area contributed by atoms with Crippen molar-refractivity contribution < 1.29 is 9.53 Å². The van der Waals surface area contributed by atoms with Crippen LogP contribution in [0, 0.1) is 0 Å². The molecule has 10 heteroatoms. The minimum Gasteiger partial charge on any atom is -0.379 e. The Bertz CT molecular complexity index is 1180. The molecule has 1 fully saturated rings. The molecule has 0 atom stereocenters. The van der Waals surface area contributed by atoms with E-state index in [1.165, 1.54) is 11.8 Å². The number of fused-ring (bicyclic) bond motifs is 1. The number of rotatable bonds is 6. The molecule has 4 N–H and O–H groups in total. The van der Waals surface area contributed by atoms with Crippen molar-refractivity contribution in [2.24, 2.45) is 0 Å². The topological polar surface area (TPSA) is 124 Å². The second kappa shape index (κ2) is 8.54. The fraction of sp³-hybridized carbons (Fsp3) is 0.238. The lowest BCUT2D eigenvalue weighted by Gasteiger charge is -2.26. The minimum atomic E-state index is -0.304. The zero-order chi connectivity index (χ0) is 21.0. The Kier molecular flexibility index (Phi) is 5.29. The molecule has 4 aromatic rings. The summed E-state index contributed by atoms with van der Waals surface area (Å²) in [6.45, 7) is 4.30. The highest BCUT2D eigenvalue weighted by atomic mass is 16.5. The third-order valence-corrected chi connectivity index (χ3v) is 5.13. The lowest BCUT2D eigenvalue weighted by molar-refractivity contribution is 0.0342. The van der Waals surface area contributed by atoms with Crippen molar-refractivity contribution in [2.75, 3.05) is 36.9 Å². The van der Waals surface area contributed by atoms with Gasteiger partial charge in [0.15, 0.2) is 0 Å². The van der Waals surface area contributed by atoms with Crippen LogP contribution in [0.4, 0.5) is 17.3 Å². The number of benzene rings is 1. The van der Waals surface area contributed by atoms with Crippen LogP contribution in [0.2, 0.25) is 0 Å². The van der Waals surface area contributed by atoms with Gasteiger partial charge in [-0.15, -0.1) is 0 Å². The van der Waals surface area contributed by atoms with Crippen molar-refractivity contribution in [1.29, 1.82) is 0 Å². The zero-order valence-electron chi connectivity index (χ0n) is 16.8. The van der Waals surface area contributed by atoms with Crippen molar-refractivity contribution >= 4 is 34.3 Å². The molecule has 0 aliphatic carbocycles. The number of carbonyl (C=O) groups is 1. The number of amides is 1. The van der Waals surface area contributed by atoms with Crippen LogP contribution in [0.15, 0.2) is 48.9 Å². The molecule has 1 aliphatic heterocycles. The zero-order valence-corrected chi connectivity index (χ0v) is 16.8. The number of anilines is 3. The van der Waals surface area contributed by atoms with E-state index in [1.54, 1.807) is 12.4 Å². The van der Waals surface area contributed by atoms with E-state index in [0.29, 0.717) is 28.7 Å². The standard InChI is InChI=1S/C21H22N8O2/c30-20(25-16-3-1-14(2-4-16)13-29-7-9-31-10-8-29)18-17(12-24-28-18)26-21-23-11-15-5-6-22-19(15)27-21/h1-6,11-12H,7-10,13H2,(H,24,28)(H,25,30)(H2,22,23,26,27). The second-order valence-corrected chi connectivity index (χ2v) is 7.30. The maximum absolute atomic E-state index is 12.8. The van der Waals surface area contributed by atoms with Gasteiger partial charge in [-0.05, 0) is 23.8 Å². The molecule has 0 saturated carbocycles. The van der Waals surface area contributed by atoms with E-state index in [1.807, 2.05) is 30.3 Å². The smallest absolute Gasteiger partial charge is 0.275 e. The van der Waals surface area contributed by atoms with E-state index in [9.17, 15) is 4.79 Å². The highest BCUT2D eigenvalue weighted by Crippen LogP contribution is 2.20. The molecule has 0 unspecified atom stereocenters. The van der Waals surface area contributed by atoms with Crippen molar-refractivity contribution in [3.05, 3.63) is 60.2 Å². The Morgan fingerprint density at radius 2 is 1.97 bits per heavy atom. The Morgan fingerprint density at radius 1 is 1.13 bits per heavy atom. The van der Waals surface area contributed by atoms with Crippen LogP contribution in [0.5, 0.6) is 0 Å². The summed E-state index contributed by atoms with van der Waals surface area (Å²) in [6, 6.07) is 9.74. The van der Waals surface area contributed by atoms with Crippen LogP contribution in [-0.4, -0.2) is 62.3 Å². The van der Waals surface area contributed by atoms with Crippen molar-refractivity contribution in [3.8, 4) is 0 Å². The molecule has 31 heavy (non-hydrogen) atoms. The molecule has 5 rings (SSSR count). The van der Waals surface area contributed by atoms with Crippen LogP contribution in [0.1, 0.15) is 16.1 Å². The van der Waals surface area contributed by atoms with E-state index in [-0.39, 0.29) is 5.91 Å². The van der Waals surface area contributed by atoms with Gasteiger partial charge in [-0.3, -0.25) is 14.8 Å². The molecule has 10 nitrogen and oxygen atoms in total. The maximum atomic E-state index is 12.8. The number of aromatic amines is 2. The number of morpholine rings is 1. The number of hydrogen-bond acceptors (Lipinski definition) is 7.